The Morgan fingerprint density at radius 2 is 1.56 bits per heavy atom. The lowest BCUT2D eigenvalue weighted by Gasteiger charge is -2.32. The summed E-state index contributed by atoms with van der Waals surface area (Å²) in [6.45, 7) is 7.23. The zero-order chi connectivity index (χ0) is 13.7. The van der Waals surface area contributed by atoms with E-state index in [1.165, 1.54) is 11.1 Å². The summed E-state index contributed by atoms with van der Waals surface area (Å²) in [5, 5.41) is 0. The van der Waals surface area contributed by atoms with Crippen LogP contribution in [0.4, 0.5) is 0 Å². The molecular formula is C15H25NO2. The number of hydrogen-bond donors (Lipinski definition) is 0. The summed E-state index contributed by atoms with van der Waals surface area (Å²) in [5.74, 6) is 1.65. The Morgan fingerprint density at radius 1 is 1.06 bits per heavy atom. The van der Waals surface area contributed by atoms with Crippen molar-refractivity contribution in [3.05, 3.63) is 23.3 Å². The van der Waals surface area contributed by atoms with Gasteiger partial charge in [0.25, 0.3) is 0 Å². The van der Waals surface area contributed by atoms with Crippen LogP contribution in [-0.2, 0) is 13.0 Å². The molecule has 0 fully saturated rings. The Bertz CT molecular complexity index is 353. The average Bonchev–Trinajstić information content (AvgIpc) is 2.41. The van der Waals surface area contributed by atoms with Gasteiger partial charge in [0, 0.05) is 12.6 Å². The van der Waals surface area contributed by atoms with Crippen LogP contribution in [0.1, 0.15) is 31.9 Å². The summed E-state index contributed by atoms with van der Waals surface area (Å²) >= 11 is 0. The van der Waals surface area contributed by atoms with E-state index in [4.69, 9.17) is 9.47 Å². The number of rotatable bonds is 2. The van der Waals surface area contributed by atoms with Crippen LogP contribution in [-0.4, -0.2) is 32.2 Å². The minimum atomic E-state index is 0.589. The summed E-state index contributed by atoms with van der Waals surface area (Å²) in [7, 11) is 5.52. The predicted octanol–water partition coefficient (Wildman–Crippen LogP) is 3.11. The minimum absolute atomic E-state index is 0.589. The van der Waals surface area contributed by atoms with Crippen molar-refractivity contribution in [3.8, 4) is 11.5 Å². The van der Waals surface area contributed by atoms with Gasteiger partial charge in [-0.15, -0.1) is 0 Å². The molecule has 0 radical (unpaired) electrons. The summed E-state index contributed by atoms with van der Waals surface area (Å²) in [6, 6.07) is 4.79. The van der Waals surface area contributed by atoms with Crippen molar-refractivity contribution in [1.82, 2.24) is 4.90 Å². The van der Waals surface area contributed by atoms with Crippen LogP contribution < -0.4 is 9.47 Å². The molecule has 0 saturated carbocycles. The third kappa shape index (κ3) is 2.96. The van der Waals surface area contributed by atoms with Crippen molar-refractivity contribution in [3.63, 3.8) is 0 Å². The number of benzene rings is 1. The fraction of sp³-hybridized carbons (Fsp3) is 0.600. The summed E-state index contributed by atoms with van der Waals surface area (Å²) in [6.07, 6.45) is 1.08. The molecule has 0 spiro atoms. The highest BCUT2D eigenvalue weighted by atomic mass is 16.5. The Kier molecular flexibility index (Phi) is 5.48. The number of fused-ring (bicyclic) bond motifs is 1. The molecule has 0 bridgehead atoms. The van der Waals surface area contributed by atoms with E-state index >= 15 is 0 Å². The van der Waals surface area contributed by atoms with Gasteiger partial charge >= 0.3 is 0 Å². The summed E-state index contributed by atoms with van der Waals surface area (Å²) in [4.78, 5) is 2.36. The third-order valence-electron chi connectivity index (χ3n) is 3.39. The first kappa shape index (κ1) is 14.8. The van der Waals surface area contributed by atoms with Gasteiger partial charge in [-0.05, 0) is 43.7 Å². The second-order valence-corrected chi connectivity index (χ2v) is 4.44. The zero-order valence-corrected chi connectivity index (χ0v) is 12.4. The quantitative estimate of drug-likeness (QED) is 0.806. The Hall–Kier alpha value is -1.22. The van der Waals surface area contributed by atoms with E-state index in [1.54, 1.807) is 14.2 Å². The van der Waals surface area contributed by atoms with E-state index in [0.717, 1.165) is 24.5 Å². The Balaban J connectivity index is 0.000000771. The van der Waals surface area contributed by atoms with E-state index in [2.05, 4.69) is 31.0 Å². The smallest absolute Gasteiger partial charge is 0.161 e. The summed E-state index contributed by atoms with van der Waals surface area (Å²) in [5.41, 5.74) is 2.72. The molecule has 1 aliphatic heterocycles. The number of likely N-dealkylation sites (N-methyl/N-ethyl adjacent to an activating group) is 1. The highest BCUT2D eigenvalue weighted by Gasteiger charge is 2.21. The highest BCUT2D eigenvalue weighted by Crippen LogP contribution is 2.34. The minimum Gasteiger partial charge on any atom is -0.493 e. The first-order valence-corrected chi connectivity index (χ1v) is 6.59. The van der Waals surface area contributed by atoms with E-state index < -0.39 is 0 Å². The number of nitrogens with zero attached hydrogens (tertiary/aromatic N) is 1. The molecule has 1 aliphatic rings. The first-order chi connectivity index (χ1) is 8.65. The van der Waals surface area contributed by atoms with Crippen molar-refractivity contribution in [2.45, 2.75) is 39.8 Å². The molecule has 0 saturated heterocycles. The second-order valence-electron chi connectivity index (χ2n) is 4.44. The molecule has 0 aliphatic carbocycles. The molecule has 3 heteroatoms. The molecule has 0 amide bonds. The molecule has 18 heavy (non-hydrogen) atoms. The van der Waals surface area contributed by atoms with Crippen LogP contribution in [0.2, 0.25) is 0 Å². The van der Waals surface area contributed by atoms with Gasteiger partial charge in [0.15, 0.2) is 11.5 Å². The molecule has 1 heterocycles. The Labute approximate surface area is 111 Å². The number of ether oxygens (including phenoxy) is 2. The zero-order valence-electron chi connectivity index (χ0n) is 12.4. The fourth-order valence-corrected chi connectivity index (χ4v) is 2.20. The van der Waals surface area contributed by atoms with Crippen molar-refractivity contribution < 1.29 is 9.47 Å². The Morgan fingerprint density at radius 3 is 2.06 bits per heavy atom. The average molecular weight is 251 g/mol. The van der Waals surface area contributed by atoms with E-state index in [-0.39, 0.29) is 0 Å². The van der Waals surface area contributed by atoms with Crippen LogP contribution in [0, 0.1) is 0 Å². The van der Waals surface area contributed by atoms with Gasteiger partial charge in [0.2, 0.25) is 0 Å². The number of hydrogen-bond acceptors (Lipinski definition) is 3. The van der Waals surface area contributed by atoms with E-state index in [1.807, 2.05) is 13.8 Å². The summed E-state index contributed by atoms with van der Waals surface area (Å²) < 4.78 is 10.6. The highest BCUT2D eigenvalue weighted by molar-refractivity contribution is 5.48. The maximum Gasteiger partial charge on any atom is 0.161 e. The maximum absolute atomic E-state index is 5.33. The van der Waals surface area contributed by atoms with Gasteiger partial charge < -0.3 is 9.47 Å². The molecular weight excluding hydrogens is 226 g/mol. The number of methoxy groups -OCH3 is 2. The van der Waals surface area contributed by atoms with Crippen molar-refractivity contribution >= 4 is 0 Å². The lowest BCUT2D eigenvalue weighted by atomic mass is 9.94. The van der Waals surface area contributed by atoms with Crippen LogP contribution in [0.3, 0.4) is 0 Å². The van der Waals surface area contributed by atoms with Crippen LogP contribution >= 0.6 is 0 Å². The first-order valence-electron chi connectivity index (χ1n) is 6.59. The fourth-order valence-electron chi connectivity index (χ4n) is 2.20. The normalized spacial score (nSPS) is 18.4. The molecule has 1 atom stereocenters. The lowest BCUT2D eigenvalue weighted by molar-refractivity contribution is 0.230. The molecule has 3 nitrogen and oxygen atoms in total. The van der Waals surface area contributed by atoms with Gasteiger partial charge in [0.05, 0.1) is 14.2 Å². The third-order valence-corrected chi connectivity index (χ3v) is 3.39. The van der Waals surface area contributed by atoms with Crippen molar-refractivity contribution in [1.29, 1.82) is 0 Å². The predicted molar refractivity (Wildman–Crippen MR) is 75.5 cm³/mol. The SMILES string of the molecule is CC.COc1cc2c(cc1OC)CN(C)C(C)C2. The van der Waals surface area contributed by atoms with Gasteiger partial charge in [-0.25, -0.2) is 0 Å². The molecule has 0 aromatic heterocycles. The van der Waals surface area contributed by atoms with E-state index in [9.17, 15) is 0 Å². The van der Waals surface area contributed by atoms with Gasteiger partial charge in [0.1, 0.15) is 0 Å². The largest absolute Gasteiger partial charge is 0.493 e. The monoisotopic (exact) mass is 251 g/mol. The second kappa shape index (κ2) is 6.64. The lowest BCUT2D eigenvalue weighted by Crippen LogP contribution is -2.35. The van der Waals surface area contributed by atoms with Crippen LogP contribution in [0.5, 0.6) is 11.5 Å². The van der Waals surface area contributed by atoms with Gasteiger partial charge in [-0.3, -0.25) is 4.90 Å². The van der Waals surface area contributed by atoms with Crippen molar-refractivity contribution in [2.24, 2.45) is 0 Å². The maximum atomic E-state index is 5.33. The van der Waals surface area contributed by atoms with Crippen LogP contribution in [0.25, 0.3) is 0 Å². The topological polar surface area (TPSA) is 21.7 Å². The van der Waals surface area contributed by atoms with E-state index in [0.29, 0.717) is 6.04 Å². The molecule has 1 unspecified atom stereocenters. The van der Waals surface area contributed by atoms with Gasteiger partial charge in [-0.1, -0.05) is 13.8 Å². The molecule has 0 N–H and O–H groups in total. The van der Waals surface area contributed by atoms with Gasteiger partial charge in [-0.2, -0.15) is 0 Å². The van der Waals surface area contributed by atoms with Crippen LogP contribution in [0.15, 0.2) is 12.1 Å². The molecule has 102 valence electrons. The molecule has 1 aromatic rings. The molecule has 1 aromatic carbocycles. The standard InChI is InChI=1S/C13H19NO2.C2H6/c1-9-5-10-6-12(15-3)13(16-4)7-11(10)8-14(9)2;1-2/h6-7,9H,5,8H2,1-4H3;1-2H3. The van der Waals surface area contributed by atoms with Crippen molar-refractivity contribution in [2.75, 3.05) is 21.3 Å². The molecule has 2 rings (SSSR count).